The summed E-state index contributed by atoms with van der Waals surface area (Å²) in [4.78, 5) is 4.05. The van der Waals surface area contributed by atoms with Gasteiger partial charge >= 0.3 is 0 Å². The second-order valence-corrected chi connectivity index (χ2v) is 5.43. The molecule has 0 bridgehead atoms. The van der Waals surface area contributed by atoms with E-state index in [1.54, 1.807) is 18.3 Å². The zero-order valence-electron chi connectivity index (χ0n) is 12.2. The van der Waals surface area contributed by atoms with Gasteiger partial charge in [0.15, 0.2) is 0 Å². The van der Waals surface area contributed by atoms with Crippen molar-refractivity contribution in [2.24, 2.45) is 0 Å². The summed E-state index contributed by atoms with van der Waals surface area (Å²) in [6, 6.07) is 8.33. The summed E-state index contributed by atoms with van der Waals surface area (Å²) < 4.78 is 2.09. The highest BCUT2D eigenvalue weighted by Gasteiger charge is 2.08. The summed E-state index contributed by atoms with van der Waals surface area (Å²) in [7, 11) is 0. The van der Waals surface area contributed by atoms with E-state index >= 15 is 0 Å². The van der Waals surface area contributed by atoms with Crippen molar-refractivity contribution in [1.29, 1.82) is 0 Å². The number of benzene rings is 1. The van der Waals surface area contributed by atoms with Gasteiger partial charge < -0.3 is 15.0 Å². The molecule has 0 aliphatic carbocycles. The molecule has 2 rings (SSSR count). The lowest BCUT2D eigenvalue weighted by Gasteiger charge is -2.20. The summed E-state index contributed by atoms with van der Waals surface area (Å²) in [5.41, 5.74) is 1.26. The zero-order valence-corrected chi connectivity index (χ0v) is 12.2. The maximum absolute atomic E-state index is 9.26. The maximum atomic E-state index is 9.26. The molecule has 0 saturated heterocycles. The number of nitrogens with one attached hydrogen (secondary N) is 1. The number of imidazole rings is 1. The lowest BCUT2D eigenvalue weighted by atomic mass is 10.1. The molecule has 0 aliphatic heterocycles. The van der Waals surface area contributed by atoms with E-state index in [9.17, 15) is 5.11 Å². The summed E-state index contributed by atoms with van der Waals surface area (Å²) in [5.74, 6) is 0.328. The van der Waals surface area contributed by atoms with Crippen molar-refractivity contribution >= 4 is 0 Å². The van der Waals surface area contributed by atoms with Gasteiger partial charge in [0.2, 0.25) is 0 Å². The van der Waals surface area contributed by atoms with E-state index in [4.69, 9.17) is 0 Å². The molecule has 0 radical (unpaired) electrons. The molecule has 0 fully saturated rings. The monoisotopic (exact) mass is 273 g/mol. The molecule has 0 amide bonds. The molecule has 0 aliphatic rings. The molecule has 2 atom stereocenters. The molecule has 1 heterocycles. The molecule has 0 spiro atoms. The number of rotatable bonds is 7. The van der Waals surface area contributed by atoms with Crippen LogP contribution in [0.25, 0.3) is 0 Å². The van der Waals surface area contributed by atoms with Crippen molar-refractivity contribution in [3.05, 3.63) is 48.5 Å². The fraction of sp³-hybridized carbons (Fsp3) is 0.438. The van der Waals surface area contributed by atoms with Crippen molar-refractivity contribution < 1.29 is 5.11 Å². The number of hydrogen-bond acceptors (Lipinski definition) is 3. The molecule has 1 aromatic carbocycles. The van der Waals surface area contributed by atoms with Crippen LogP contribution in [0.3, 0.4) is 0 Å². The minimum atomic E-state index is 0.328. The fourth-order valence-corrected chi connectivity index (χ4v) is 2.38. The highest BCUT2D eigenvalue weighted by atomic mass is 16.3. The van der Waals surface area contributed by atoms with E-state index in [1.807, 2.05) is 24.7 Å². The number of nitrogens with zero attached hydrogens (tertiary/aromatic N) is 2. The maximum Gasteiger partial charge on any atom is 0.115 e. The fourth-order valence-electron chi connectivity index (χ4n) is 2.38. The van der Waals surface area contributed by atoms with E-state index in [0.717, 1.165) is 19.4 Å². The molecule has 4 heteroatoms. The SMILES string of the molecule is CC(CCc1ccc(O)cc1)NC(C)Cn1ccnc1. The van der Waals surface area contributed by atoms with Crippen LogP contribution in [0.5, 0.6) is 5.75 Å². The van der Waals surface area contributed by atoms with Crippen LogP contribution in [0.15, 0.2) is 43.0 Å². The quantitative estimate of drug-likeness (QED) is 0.815. The Balaban J connectivity index is 1.71. The lowest BCUT2D eigenvalue weighted by Crippen LogP contribution is -2.37. The van der Waals surface area contributed by atoms with Crippen LogP contribution < -0.4 is 5.32 Å². The van der Waals surface area contributed by atoms with Gasteiger partial charge in [0.05, 0.1) is 6.33 Å². The highest BCUT2D eigenvalue weighted by molar-refractivity contribution is 5.25. The van der Waals surface area contributed by atoms with E-state index in [1.165, 1.54) is 5.56 Å². The van der Waals surface area contributed by atoms with Gasteiger partial charge in [0.25, 0.3) is 0 Å². The lowest BCUT2D eigenvalue weighted by molar-refractivity contribution is 0.408. The van der Waals surface area contributed by atoms with E-state index < -0.39 is 0 Å². The summed E-state index contributed by atoms with van der Waals surface area (Å²) >= 11 is 0. The standard InChI is InChI=1S/C16H23N3O/c1-13(3-4-15-5-7-16(20)8-6-15)18-14(2)11-19-10-9-17-12-19/h5-10,12-14,18,20H,3-4,11H2,1-2H3. The van der Waals surface area contributed by atoms with E-state index in [0.29, 0.717) is 17.8 Å². The van der Waals surface area contributed by atoms with Crippen LogP contribution in [0.1, 0.15) is 25.8 Å². The number of aryl methyl sites for hydroxylation is 1. The third kappa shape index (κ3) is 4.70. The second-order valence-electron chi connectivity index (χ2n) is 5.43. The van der Waals surface area contributed by atoms with Gasteiger partial charge in [-0.2, -0.15) is 0 Å². The average molecular weight is 273 g/mol. The first-order valence-corrected chi connectivity index (χ1v) is 7.13. The number of phenols is 1. The number of aromatic hydroxyl groups is 1. The third-order valence-corrected chi connectivity index (χ3v) is 3.42. The Kier molecular flexibility index (Phi) is 5.18. The van der Waals surface area contributed by atoms with Crippen LogP contribution in [-0.4, -0.2) is 26.7 Å². The van der Waals surface area contributed by atoms with Gasteiger partial charge in [-0.05, 0) is 44.4 Å². The van der Waals surface area contributed by atoms with Crippen molar-refractivity contribution in [2.45, 2.75) is 45.3 Å². The van der Waals surface area contributed by atoms with E-state index in [2.05, 4.69) is 28.7 Å². The summed E-state index contributed by atoms with van der Waals surface area (Å²) in [6.45, 7) is 5.34. The zero-order chi connectivity index (χ0) is 14.4. The first-order chi connectivity index (χ1) is 9.63. The Labute approximate surface area is 120 Å². The van der Waals surface area contributed by atoms with Crippen LogP contribution >= 0.6 is 0 Å². The van der Waals surface area contributed by atoms with Crippen LogP contribution in [0, 0.1) is 0 Å². The first-order valence-electron chi connectivity index (χ1n) is 7.13. The molecule has 1 aromatic heterocycles. The van der Waals surface area contributed by atoms with Crippen molar-refractivity contribution in [3.63, 3.8) is 0 Å². The number of hydrogen-bond donors (Lipinski definition) is 2. The minimum absolute atomic E-state index is 0.328. The Bertz CT molecular complexity index is 493. The predicted molar refractivity (Wildman–Crippen MR) is 80.7 cm³/mol. The molecular formula is C16H23N3O. The third-order valence-electron chi connectivity index (χ3n) is 3.42. The molecule has 4 nitrogen and oxygen atoms in total. The molecule has 0 saturated carbocycles. The van der Waals surface area contributed by atoms with Gasteiger partial charge in [-0.1, -0.05) is 12.1 Å². The Morgan fingerprint density at radius 3 is 2.60 bits per heavy atom. The molecular weight excluding hydrogens is 250 g/mol. The normalized spacial score (nSPS) is 14.1. The van der Waals surface area contributed by atoms with E-state index in [-0.39, 0.29) is 0 Å². The largest absolute Gasteiger partial charge is 0.508 e. The summed E-state index contributed by atoms with van der Waals surface area (Å²) in [5, 5.41) is 12.9. The predicted octanol–water partition coefficient (Wildman–Crippen LogP) is 2.59. The molecule has 20 heavy (non-hydrogen) atoms. The number of phenolic OH excluding ortho intramolecular Hbond substituents is 1. The number of aromatic nitrogens is 2. The van der Waals surface area contributed by atoms with Gasteiger partial charge in [-0.15, -0.1) is 0 Å². The summed E-state index contributed by atoms with van der Waals surface area (Å²) in [6.07, 6.45) is 7.74. The Hall–Kier alpha value is -1.81. The average Bonchev–Trinajstić information content (AvgIpc) is 2.90. The minimum Gasteiger partial charge on any atom is -0.508 e. The van der Waals surface area contributed by atoms with Crippen LogP contribution in [-0.2, 0) is 13.0 Å². The van der Waals surface area contributed by atoms with Crippen molar-refractivity contribution in [2.75, 3.05) is 0 Å². The van der Waals surface area contributed by atoms with Crippen molar-refractivity contribution in [3.8, 4) is 5.75 Å². The van der Waals surface area contributed by atoms with Gasteiger partial charge in [-0.3, -0.25) is 0 Å². The molecule has 2 unspecified atom stereocenters. The van der Waals surface area contributed by atoms with Gasteiger partial charge in [-0.25, -0.2) is 4.98 Å². The van der Waals surface area contributed by atoms with Crippen LogP contribution in [0.4, 0.5) is 0 Å². The molecule has 2 N–H and O–H groups in total. The topological polar surface area (TPSA) is 50.1 Å². The smallest absolute Gasteiger partial charge is 0.115 e. The van der Waals surface area contributed by atoms with Crippen LogP contribution in [0.2, 0.25) is 0 Å². The Morgan fingerprint density at radius 1 is 1.20 bits per heavy atom. The van der Waals surface area contributed by atoms with Gasteiger partial charge in [0.1, 0.15) is 5.75 Å². The highest BCUT2D eigenvalue weighted by Crippen LogP contribution is 2.12. The van der Waals surface area contributed by atoms with Gasteiger partial charge in [0, 0.05) is 31.0 Å². The molecule has 108 valence electrons. The molecule has 2 aromatic rings. The Morgan fingerprint density at radius 2 is 1.95 bits per heavy atom. The second kappa shape index (κ2) is 7.10. The van der Waals surface area contributed by atoms with Crippen molar-refractivity contribution in [1.82, 2.24) is 14.9 Å². The first kappa shape index (κ1) is 14.6.